The molecular weight excluding hydrogens is 244 g/mol. The molecule has 2 unspecified atom stereocenters. The molecular formula is C13H22N4O2. The van der Waals surface area contributed by atoms with Gasteiger partial charge in [0, 0.05) is 25.0 Å². The number of rotatable bonds is 5. The highest BCUT2D eigenvalue weighted by atomic mass is 16.5. The van der Waals surface area contributed by atoms with Gasteiger partial charge in [0.2, 0.25) is 5.89 Å². The standard InChI is InChI=1S/C13H22N4O2/c1-16(2)6-10-5-11(18)7-17(10)8-12-14-13(19-15-12)9-3-4-9/h9-11,18H,3-8H2,1-2H3. The molecule has 0 bridgehead atoms. The molecule has 2 heterocycles. The number of hydrogen-bond acceptors (Lipinski definition) is 6. The second-order valence-electron chi connectivity index (χ2n) is 6.06. The monoisotopic (exact) mass is 266 g/mol. The number of aliphatic hydroxyl groups excluding tert-OH is 1. The molecule has 0 spiro atoms. The maximum Gasteiger partial charge on any atom is 0.229 e. The van der Waals surface area contributed by atoms with E-state index < -0.39 is 0 Å². The van der Waals surface area contributed by atoms with E-state index in [1.54, 1.807) is 0 Å². The molecule has 1 aliphatic heterocycles. The molecule has 6 heteroatoms. The van der Waals surface area contributed by atoms with Gasteiger partial charge in [0.05, 0.1) is 12.6 Å². The van der Waals surface area contributed by atoms with Crippen molar-refractivity contribution in [1.82, 2.24) is 19.9 Å². The predicted octanol–water partition coefficient (Wildman–Crippen LogP) is 0.444. The van der Waals surface area contributed by atoms with Gasteiger partial charge in [-0.05, 0) is 33.4 Å². The first-order valence-corrected chi connectivity index (χ1v) is 7.01. The minimum atomic E-state index is -0.236. The molecule has 0 amide bonds. The molecule has 6 nitrogen and oxygen atoms in total. The van der Waals surface area contributed by atoms with Crippen molar-refractivity contribution in [3.63, 3.8) is 0 Å². The molecule has 2 atom stereocenters. The van der Waals surface area contributed by atoms with E-state index >= 15 is 0 Å². The summed E-state index contributed by atoms with van der Waals surface area (Å²) in [6, 6.07) is 0.368. The van der Waals surface area contributed by atoms with Gasteiger partial charge in [-0.25, -0.2) is 0 Å². The third-order valence-corrected chi connectivity index (χ3v) is 3.84. The summed E-state index contributed by atoms with van der Waals surface area (Å²) in [4.78, 5) is 8.87. The molecule has 1 aliphatic carbocycles. The molecule has 1 saturated heterocycles. The average Bonchev–Trinajstić information content (AvgIpc) is 2.99. The van der Waals surface area contributed by atoms with Crippen LogP contribution < -0.4 is 0 Å². The van der Waals surface area contributed by atoms with Crippen LogP contribution in [0.3, 0.4) is 0 Å². The van der Waals surface area contributed by atoms with Crippen LogP contribution in [0, 0.1) is 0 Å². The number of likely N-dealkylation sites (tertiary alicyclic amines) is 1. The summed E-state index contributed by atoms with van der Waals surface area (Å²) in [5.41, 5.74) is 0. The Balaban J connectivity index is 1.62. The first-order valence-electron chi connectivity index (χ1n) is 7.01. The van der Waals surface area contributed by atoms with Crippen molar-refractivity contribution in [3.05, 3.63) is 11.7 Å². The van der Waals surface area contributed by atoms with Gasteiger partial charge in [-0.1, -0.05) is 5.16 Å². The molecule has 1 N–H and O–H groups in total. The van der Waals surface area contributed by atoms with Crippen LogP contribution in [-0.4, -0.2) is 64.4 Å². The van der Waals surface area contributed by atoms with Gasteiger partial charge in [0.25, 0.3) is 0 Å². The Morgan fingerprint density at radius 3 is 2.89 bits per heavy atom. The molecule has 2 fully saturated rings. The number of β-amino-alcohol motifs (C(OH)–C–C–N with tert-alkyl or cyclic N) is 1. The molecule has 106 valence electrons. The van der Waals surface area contributed by atoms with Crippen LogP contribution in [0.5, 0.6) is 0 Å². The fraction of sp³-hybridized carbons (Fsp3) is 0.846. The summed E-state index contributed by atoms with van der Waals surface area (Å²) >= 11 is 0. The zero-order valence-electron chi connectivity index (χ0n) is 11.6. The van der Waals surface area contributed by atoms with Gasteiger partial charge in [0.15, 0.2) is 5.82 Å². The number of aromatic nitrogens is 2. The molecule has 2 aliphatic rings. The molecule has 1 aromatic rings. The van der Waals surface area contributed by atoms with E-state index in [0.29, 0.717) is 25.0 Å². The summed E-state index contributed by atoms with van der Waals surface area (Å²) in [6.45, 7) is 2.32. The summed E-state index contributed by atoms with van der Waals surface area (Å²) in [7, 11) is 4.12. The van der Waals surface area contributed by atoms with Crippen molar-refractivity contribution in [2.24, 2.45) is 0 Å². The SMILES string of the molecule is CN(C)CC1CC(O)CN1Cc1noc(C2CC2)n1. The van der Waals surface area contributed by atoms with Crippen molar-refractivity contribution in [3.8, 4) is 0 Å². The summed E-state index contributed by atoms with van der Waals surface area (Å²) in [6.07, 6.45) is 2.94. The molecule has 0 aromatic carbocycles. The van der Waals surface area contributed by atoms with Gasteiger partial charge in [0.1, 0.15) is 0 Å². The number of nitrogens with zero attached hydrogens (tertiary/aromatic N) is 4. The van der Waals surface area contributed by atoms with Crippen molar-refractivity contribution in [2.45, 2.75) is 43.9 Å². The summed E-state index contributed by atoms with van der Waals surface area (Å²) in [5.74, 6) is 2.04. The number of hydrogen-bond donors (Lipinski definition) is 1. The fourth-order valence-corrected chi connectivity index (χ4v) is 2.77. The predicted molar refractivity (Wildman–Crippen MR) is 69.6 cm³/mol. The average molecular weight is 266 g/mol. The smallest absolute Gasteiger partial charge is 0.229 e. The lowest BCUT2D eigenvalue weighted by Gasteiger charge is -2.25. The zero-order valence-corrected chi connectivity index (χ0v) is 11.6. The van der Waals surface area contributed by atoms with E-state index in [1.165, 1.54) is 12.8 Å². The van der Waals surface area contributed by atoms with Crippen molar-refractivity contribution < 1.29 is 9.63 Å². The maximum absolute atomic E-state index is 9.84. The largest absolute Gasteiger partial charge is 0.392 e. The number of aliphatic hydroxyl groups is 1. The van der Waals surface area contributed by atoms with Crippen LogP contribution in [0.2, 0.25) is 0 Å². The van der Waals surface area contributed by atoms with E-state index in [-0.39, 0.29) is 6.10 Å². The molecule has 1 saturated carbocycles. The van der Waals surface area contributed by atoms with Crippen molar-refractivity contribution >= 4 is 0 Å². The highest BCUT2D eigenvalue weighted by Crippen LogP contribution is 2.38. The lowest BCUT2D eigenvalue weighted by atomic mass is 10.2. The van der Waals surface area contributed by atoms with E-state index in [0.717, 1.165) is 24.7 Å². The minimum absolute atomic E-state index is 0.236. The van der Waals surface area contributed by atoms with Crippen LogP contribution in [0.25, 0.3) is 0 Å². The lowest BCUT2D eigenvalue weighted by molar-refractivity contribution is 0.166. The first-order chi connectivity index (χ1) is 9.11. The molecule has 3 rings (SSSR count). The van der Waals surface area contributed by atoms with Crippen molar-refractivity contribution in [1.29, 1.82) is 0 Å². The second-order valence-corrected chi connectivity index (χ2v) is 6.06. The fourth-order valence-electron chi connectivity index (χ4n) is 2.77. The number of likely N-dealkylation sites (N-methyl/N-ethyl adjacent to an activating group) is 1. The Morgan fingerprint density at radius 1 is 1.42 bits per heavy atom. The topological polar surface area (TPSA) is 65.6 Å². The quantitative estimate of drug-likeness (QED) is 0.834. The van der Waals surface area contributed by atoms with E-state index in [4.69, 9.17) is 4.52 Å². The zero-order chi connectivity index (χ0) is 13.4. The Hall–Kier alpha value is -0.980. The normalized spacial score (nSPS) is 28.4. The lowest BCUT2D eigenvalue weighted by Crippen LogP contribution is -2.37. The highest BCUT2D eigenvalue weighted by molar-refractivity contribution is 5.02. The Bertz CT molecular complexity index is 430. The van der Waals surface area contributed by atoms with E-state index in [2.05, 4.69) is 34.0 Å². The minimum Gasteiger partial charge on any atom is -0.392 e. The molecule has 19 heavy (non-hydrogen) atoms. The Labute approximate surface area is 113 Å². The van der Waals surface area contributed by atoms with Gasteiger partial charge in [-0.3, -0.25) is 4.90 Å². The van der Waals surface area contributed by atoms with Crippen LogP contribution >= 0.6 is 0 Å². The van der Waals surface area contributed by atoms with Crippen LogP contribution in [0.4, 0.5) is 0 Å². The van der Waals surface area contributed by atoms with Crippen LogP contribution in [-0.2, 0) is 6.54 Å². The van der Waals surface area contributed by atoms with Gasteiger partial charge >= 0.3 is 0 Å². The highest BCUT2D eigenvalue weighted by Gasteiger charge is 2.33. The van der Waals surface area contributed by atoms with Crippen LogP contribution in [0.1, 0.15) is 36.9 Å². The van der Waals surface area contributed by atoms with E-state index in [9.17, 15) is 5.11 Å². The maximum atomic E-state index is 9.84. The first kappa shape index (κ1) is 13.0. The molecule has 0 radical (unpaired) electrons. The summed E-state index contributed by atoms with van der Waals surface area (Å²) in [5, 5.41) is 13.9. The third kappa shape index (κ3) is 3.13. The Morgan fingerprint density at radius 2 is 2.21 bits per heavy atom. The van der Waals surface area contributed by atoms with Gasteiger partial charge in [-0.15, -0.1) is 0 Å². The summed E-state index contributed by atoms with van der Waals surface area (Å²) < 4.78 is 5.28. The van der Waals surface area contributed by atoms with Crippen LogP contribution in [0.15, 0.2) is 4.52 Å². The van der Waals surface area contributed by atoms with Crippen molar-refractivity contribution in [2.75, 3.05) is 27.2 Å². The van der Waals surface area contributed by atoms with E-state index in [1.807, 2.05) is 0 Å². The van der Waals surface area contributed by atoms with Gasteiger partial charge < -0.3 is 14.5 Å². The molecule has 1 aromatic heterocycles. The van der Waals surface area contributed by atoms with Gasteiger partial charge in [-0.2, -0.15) is 4.98 Å². The third-order valence-electron chi connectivity index (χ3n) is 3.84. The second kappa shape index (κ2) is 5.19. The Kier molecular flexibility index (Phi) is 3.56.